The molecule has 0 atom stereocenters. The van der Waals surface area contributed by atoms with E-state index in [2.05, 4.69) is 288 Å². The summed E-state index contributed by atoms with van der Waals surface area (Å²) >= 11 is 0.168. The van der Waals surface area contributed by atoms with Crippen molar-refractivity contribution in [2.45, 2.75) is 13.8 Å². The molecule has 0 spiro atoms. The molecule has 0 saturated heterocycles. The molecule has 5 aliphatic rings. The van der Waals surface area contributed by atoms with Crippen LogP contribution in [0.3, 0.4) is 0 Å². The van der Waals surface area contributed by atoms with Gasteiger partial charge in [0.1, 0.15) is 0 Å². The first-order valence-corrected chi connectivity index (χ1v) is 29.2. The fourth-order valence-corrected chi connectivity index (χ4v) is 16.3. The molecule has 0 radical (unpaired) electrons. The molecule has 5 aliphatic heterocycles. The second-order valence-electron chi connectivity index (χ2n) is 21.6. The minimum atomic E-state index is -0.0308. The second kappa shape index (κ2) is 17.1. The molecule has 0 aliphatic carbocycles. The van der Waals surface area contributed by atoms with Gasteiger partial charge in [-0.15, -0.1) is 0 Å². The van der Waals surface area contributed by atoms with E-state index in [1.807, 2.05) is 0 Å². The third-order valence-corrected chi connectivity index (χ3v) is 19.5. The summed E-state index contributed by atoms with van der Waals surface area (Å²) in [5.74, 6) is 0. The Morgan fingerprint density at radius 2 is 0.608 bits per heavy atom. The predicted molar refractivity (Wildman–Crippen MR) is 336 cm³/mol. The molecule has 79 heavy (non-hydrogen) atoms. The fourth-order valence-electron chi connectivity index (χ4n) is 14.1. The Labute approximate surface area is 467 Å². The Morgan fingerprint density at radius 1 is 0.253 bits per heavy atom. The third-order valence-electron chi connectivity index (χ3n) is 17.4. The van der Waals surface area contributed by atoms with Crippen LogP contribution in [0.2, 0.25) is 0 Å². The molecule has 11 aromatic carbocycles. The zero-order valence-corrected chi connectivity index (χ0v) is 45.3. The zero-order valence-electron chi connectivity index (χ0n) is 43.6. The molecular formula is C72H48B2N4Se. The summed E-state index contributed by atoms with van der Waals surface area (Å²) in [7, 11) is 0. The summed E-state index contributed by atoms with van der Waals surface area (Å²) in [5.41, 5.74) is 32.8. The number of anilines is 12. The summed E-state index contributed by atoms with van der Waals surface area (Å²) in [6, 6.07) is 95.4. The fraction of sp³-hybridized carbons (Fsp3) is 0.0278. The third kappa shape index (κ3) is 6.46. The van der Waals surface area contributed by atoms with E-state index in [0.29, 0.717) is 0 Å². The van der Waals surface area contributed by atoms with E-state index in [1.54, 1.807) is 0 Å². The van der Waals surface area contributed by atoms with Crippen molar-refractivity contribution in [3.05, 3.63) is 264 Å². The molecule has 0 amide bonds. The molecule has 0 saturated carbocycles. The number of rotatable bonds is 6. The molecule has 0 bridgehead atoms. The number of nitrogens with zero attached hydrogens (tertiary/aromatic N) is 4. The molecule has 17 rings (SSSR count). The average molecular weight is 1070 g/mol. The van der Waals surface area contributed by atoms with Crippen LogP contribution in [0, 0.1) is 13.8 Å². The van der Waals surface area contributed by atoms with Gasteiger partial charge in [0.05, 0.1) is 0 Å². The van der Waals surface area contributed by atoms with E-state index in [4.69, 9.17) is 0 Å². The first kappa shape index (κ1) is 44.8. The standard InChI is InChI=1S/C72H48B2N4Se/c1-45-69-70(46(2)79-45)78-65-28-15-25-62-68(65)74(60-43-53(49-21-11-5-12-22-49)34-42-61(60)75(62)55-35-29-51(30-36-55)47-17-7-3-8-18-47)59-41-40-58-71(72(59)78)77(69)64-27-16-26-63-67(64)73(58)57-39-33-54(50-23-13-6-14-24-50)44-66(57)76(63)56-37-31-52(32-38-56)48-19-9-4-10-20-48/h3-44H,1-2H3. The van der Waals surface area contributed by atoms with Gasteiger partial charge in [0.15, 0.2) is 0 Å². The summed E-state index contributed by atoms with van der Waals surface area (Å²) < 4.78 is 2.92. The monoisotopic (exact) mass is 1070 g/mol. The van der Waals surface area contributed by atoms with Crippen LogP contribution in [-0.4, -0.2) is 27.9 Å². The molecule has 0 N–H and O–H groups in total. The molecule has 7 heteroatoms. The van der Waals surface area contributed by atoms with Gasteiger partial charge < -0.3 is 0 Å². The van der Waals surface area contributed by atoms with Crippen molar-refractivity contribution in [3.63, 3.8) is 0 Å². The average Bonchev–Trinajstić information content (AvgIpc) is 3.44. The van der Waals surface area contributed by atoms with Gasteiger partial charge in [-0.2, -0.15) is 0 Å². The van der Waals surface area contributed by atoms with Crippen LogP contribution in [0.4, 0.5) is 68.2 Å². The summed E-state index contributed by atoms with van der Waals surface area (Å²) in [6.07, 6.45) is 0. The first-order chi connectivity index (χ1) is 39.1. The number of hydrogen-bond donors (Lipinski definition) is 0. The van der Waals surface area contributed by atoms with Crippen molar-refractivity contribution in [2.24, 2.45) is 0 Å². The number of aryl methyl sites for hydroxylation is 2. The number of hydrogen-bond acceptors (Lipinski definition) is 4. The normalized spacial score (nSPS) is 13.5. The Kier molecular flexibility index (Phi) is 9.72. The molecule has 0 unspecified atom stereocenters. The van der Waals surface area contributed by atoms with Crippen molar-refractivity contribution in [1.29, 1.82) is 0 Å². The van der Waals surface area contributed by atoms with Gasteiger partial charge >= 0.3 is 386 Å². The zero-order chi connectivity index (χ0) is 52.0. The van der Waals surface area contributed by atoms with Gasteiger partial charge in [-0.25, -0.2) is 0 Å². The van der Waals surface area contributed by atoms with Gasteiger partial charge in [-0.1, -0.05) is 84.9 Å². The van der Waals surface area contributed by atoms with E-state index in [1.165, 1.54) is 143 Å². The first-order valence-electron chi connectivity index (χ1n) is 27.5. The van der Waals surface area contributed by atoms with E-state index >= 15 is 0 Å². The van der Waals surface area contributed by atoms with Crippen molar-refractivity contribution in [2.75, 3.05) is 19.6 Å². The Bertz CT molecular complexity index is 4470. The van der Waals surface area contributed by atoms with Crippen molar-refractivity contribution < 1.29 is 0 Å². The summed E-state index contributed by atoms with van der Waals surface area (Å²) in [5, 5.41) is 0. The van der Waals surface area contributed by atoms with Gasteiger partial charge in [0, 0.05) is 0 Å². The molecule has 368 valence electrons. The number of fused-ring (bicyclic) bond motifs is 11. The van der Waals surface area contributed by atoms with Crippen molar-refractivity contribution in [1.82, 2.24) is 0 Å². The Hall–Kier alpha value is -9.25. The van der Waals surface area contributed by atoms with E-state index < -0.39 is 0 Å². The van der Waals surface area contributed by atoms with Crippen molar-refractivity contribution >= 4 is 129 Å². The molecule has 1 aromatic heterocycles. The molecule has 0 fully saturated rings. The van der Waals surface area contributed by atoms with Gasteiger partial charge in [0.2, 0.25) is 0 Å². The van der Waals surface area contributed by atoms with Crippen molar-refractivity contribution in [3.8, 4) is 44.5 Å². The van der Waals surface area contributed by atoms with Gasteiger partial charge in [0.25, 0.3) is 0 Å². The minimum absolute atomic E-state index is 0.0193. The maximum atomic E-state index is 2.73. The molecule has 12 aromatic rings. The topological polar surface area (TPSA) is 13.0 Å². The quantitative estimate of drug-likeness (QED) is 0.154. The van der Waals surface area contributed by atoms with Crippen LogP contribution in [0.5, 0.6) is 0 Å². The number of benzene rings is 11. The Balaban J connectivity index is 0.912. The van der Waals surface area contributed by atoms with Crippen LogP contribution < -0.4 is 52.4 Å². The van der Waals surface area contributed by atoms with Crippen LogP contribution in [0.15, 0.2) is 255 Å². The predicted octanol–water partition coefficient (Wildman–Crippen LogP) is 14.5. The van der Waals surface area contributed by atoms with Gasteiger partial charge in [-0.05, 0) is 0 Å². The maximum absolute atomic E-state index is 2.73. The molecule has 6 heterocycles. The van der Waals surface area contributed by atoms with Crippen LogP contribution in [0.1, 0.15) is 8.87 Å². The SMILES string of the molecule is Cc1[se]c(C)c2c1N1c3cccc4c3B(c3cc(-c5ccccc5)ccc3N4c3ccc(-c4ccccc4)cc3)c3ccc4c(c31)N2c1cccc2c1B4c1ccc(-c3ccccc3)cc1N2c1ccc(-c2ccccc2)cc1. The van der Waals surface area contributed by atoms with E-state index in [9.17, 15) is 0 Å². The molecule has 4 nitrogen and oxygen atoms in total. The van der Waals surface area contributed by atoms with E-state index in [-0.39, 0.29) is 27.9 Å². The second-order valence-corrected chi connectivity index (χ2v) is 24.6. The Morgan fingerprint density at radius 3 is 1.08 bits per heavy atom. The van der Waals surface area contributed by atoms with Crippen LogP contribution in [-0.2, 0) is 0 Å². The summed E-state index contributed by atoms with van der Waals surface area (Å²) in [6.45, 7) is 4.75. The van der Waals surface area contributed by atoms with Crippen LogP contribution in [0.25, 0.3) is 44.5 Å². The van der Waals surface area contributed by atoms with Gasteiger partial charge in [-0.3, -0.25) is 0 Å². The summed E-state index contributed by atoms with van der Waals surface area (Å²) in [4.78, 5) is 10.5. The molecular weight excluding hydrogens is 1020 g/mol. The van der Waals surface area contributed by atoms with E-state index in [0.717, 1.165) is 11.4 Å². The van der Waals surface area contributed by atoms with Crippen LogP contribution >= 0.6 is 0 Å².